The highest BCUT2D eigenvalue weighted by molar-refractivity contribution is 5.81. The van der Waals surface area contributed by atoms with Crippen LogP contribution in [0.5, 0.6) is 0 Å². The highest BCUT2D eigenvalue weighted by Gasteiger charge is 2.27. The first kappa shape index (κ1) is 10.7. The van der Waals surface area contributed by atoms with E-state index in [1.54, 1.807) is 0 Å². The third-order valence-corrected chi connectivity index (χ3v) is 3.71. The van der Waals surface area contributed by atoms with Gasteiger partial charge in [0.1, 0.15) is 0 Å². The van der Waals surface area contributed by atoms with E-state index in [-0.39, 0.29) is 0 Å². The Morgan fingerprint density at radius 3 is 2.94 bits per heavy atom. The molecule has 1 fully saturated rings. The molecule has 0 bridgehead atoms. The number of nitrogens with two attached hydrogens (primary N) is 1. The molecule has 17 heavy (non-hydrogen) atoms. The predicted octanol–water partition coefficient (Wildman–Crippen LogP) is 2.90. The van der Waals surface area contributed by atoms with E-state index < -0.39 is 0 Å². The zero-order valence-electron chi connectivity index (χ0n) is 9.97. The van der Waals surface area contributed by atoms with Crippen LogP contribution in [-0.4, -0.2) is 11.0 Å². The highest BCUT2D eigenvalue weighted by atomic mass is 14.7. The number of aromatic nitrogens is 1. The Morgan fingerprint density at radius 2 is 2.12 bits per heavy atom. The van der Waals surface area contributed by atoms with Crippen molar-refractivity contribution in [3.05, 3.63) is 42.1 Å². The van der Waals surface area contributed by atoms with E-state index in [0.717, 1.165) is 24.3 Å². The van der Waals surface area contributed by atoms with Crippen molar-refractivity contribution in [2.45, 2.75) is 31.7 Å². The Morgan fingerprint density at radius 1 is 1.24 bits per heavy atom. The first-order chi connectivity index (χ1) is 8.34. The molecule has 1 saturated carbocycles. The lowest BCUT2D eigenvalue weighted by molar-refractivity contribution is 0.551. The fourth-order valence-electron chi connectivity index (χ4n) is 2.47. The van der Waals surface area contributed by atoms with E-state index in [0.29, 0.717) is 6.04 Å². The van der Waals surface area contributed by atoms with Crippen LogP contribution in [0.15, 0.2) is 36.5 Å². The molecule has 1 aliphatic carbocycles. The molecule has 1 aliphatic rings. The summed E-state index contributed by atoms with van der Waals surface area (Å²) in [6, 6.07) is 10.9. The summed E-state index contributed by atoms with van der Waals surface area (Å²) in [4.78, 5) is 4.39. The molecular formula is C15H18N2. The van der Waals surface area contributed by atoms with Crippen LogP contribution in [0.4, 0.5) is 0 Å². The van der Waals surface area contributed by atoms with Crippen LogP contribution in [0.3, 0.4) is 0 Å². The van der Waals surface area contributed by atoms with Gasteiger partial charge in [0.2, 0.25) is 0 Å². The Kier molecular flexibility index (Phi) is 2.81. The summed E-state index contributed by atoms with van der Waals surface area (Å²) < 4.78 is 0. The smallest absolute Gasteiger partial charge is 0.0704 e. The van der Waals surface area contributed by atoms with Crippen molar-refractivity contribution in [2.24, 2.45) is 11.7 Å². The molecule has 1 heterocycles. The number of hydrogen-bond acceptors (Lipinski definition) is 2. The average Bonchev–Trinajstić information content (AvgIpc) is 3.20. The fraction of sp³-hybridized carbons (Fsp3) is 0.400. The standard InChI is InChI=1S/C15H18N2/c16-14(12-6-7-12)9-8-11-3-1-5-15-13(11)4-2-10-17-15/h1-5,10,12,14H,6-9,16H2. The minimum absolute atomic E-state index is 0.391. The van der Waals surface area contributed by atoms with Crippen LogP contribution < -0.4 is 5.73 Å². The first-order valence-corrected chi connectivity index (χ1v) is 6.43. The molecule has 3 rings (SSSR count). The molecule has 2 heteroatoms. The molecule has 0 spiro atoms. The topological polar surface area (TPSA) is 38.9 Å². The van der Waals surface area contributed by atoms with Crippen molar-refractivity contribution >= 4 is 10.9 Å². The zero-order valence-corrected chi connectivity index (χ0v) is 9.97. The minimum Gasteiger partial charge on any atom is -0.327 e. The lowest BCUT2D eigenvalue weighted by Crippen LogP contribution is -2.22. The predicted molar refractivity (Wildman–Crippen MR) is 70.8 cm³/mol. The zero-order chi connectivity index (χ0) is 11.7. The van der Waals surface area contributed by atoms with Crippen molar-refractivity contribution < 1.29 is 0 Å². The van der Waals surface area contributed by atoms with Crippen molar-refractivity contribution in [3.63, 3.8) is 0 Å². The van der Waals surface area contributed by atoms with E-state index in [2.05, 4.69) is 29.2 Å². The molecular weight excluding hydrogens is 208 g/mol. The van der Waals surface area contributed by atoms with Crippen LogP contribution >= 0.6 is 0 Å². The van der Waals surface area contributed by atoms with Gasteiger partial charge in [-0.3, -0.25) is 4.98 Å². The molecule has 88 valence electrons. The fourth-order valence-corrected chi connectivity index (χ4v) is 2.47. The molecule has 1 aromatic heterocycles. The lowest BCUT2D eigenvalue weighted by Gasteiger charge is -2.11. The minimum atomic E-state index is 0.391. The number of rotatable bonds is 4. The first-order valence-electron chi connectivity index (χ1n) is 6.43. The van der Waals surface area contributed by atoms with Crippen LogP contribution in [0, 0.1) is 5.92 Å². The molecule has 0 amide bonds. The second-order valence-corrected chi connectivity index (χ2v) is 5.03. The van der Waals surface area contributed by atoms with Gasteiger partial charge in [-0.1, -0.05) is 18.2 Å². The van der Waals surface area contributed by atoms with Gasteiger partial charge in [-0.15, -0.1) is 0 Å². The highest BCUT2D eigenvalue weighted by Crippen LogP contribution is 2.33. The van der Waals surface area contributed by atoms with Crippen LogP contribution in [0.25, 0.3) is 10.9 Å². The van der Waals surface area contributed by atoms with Crippen LogP contribution in [0.2, 0.25) is 0 Å². The van der Waals surface area contributed by atoms with E-state index in [1.807, 2.05) is 12.3 Å². The van der Waals surface area contributed by atoms with Crippen molar-refractivity contribution in [1.29, 1.82) is 0 Å². The van der Waals surface area contributed by atoms with Crippen LogP contribution in [-0.2, 0) is 6.42 Å². The van der Waals surface area contributed by atoms with Gasteiger partial charge in [0, 0.05) is 17.6 Å². The SMILES string of the molecule is NC(CCc1cccc2ncccc12)C1CC1. The third-order valence-electron chi connectivity index (χ3n) is 3.71. The number of hydrogen-bond donors (Lipinski definition) is 1. The lowest BCUT2D eigenvalue weighted by atomic mass is 9.99. The van der Waals surface area contributed by atoms with Gasteiger partial charge >= 0.3 is 0 Å². The normalized spacial score (nSPS) is 17.2. The number of pyridine rings is 1. The van der Waals surface area contributed by atoms with Crippen molar-refractivity contribution in [2.75, 3.05) is 0 Å². The third kappa shape index (κ3) is 2.32. The van der Waals surface area contributed by atoms with Crippen molar-refractivity contribution in [1.82, 2.24) is 4.98 Å². The van der Waals surface area contributed by atoms with Gasteiger partial charge in [0.05, 0.1) is 5.52 Å². The van der Waals surface area contributed by atoms with E-state index >= 15 is 0 Å². The van der Waals surface area contributed by atoms with E-state index in [9.17, 15) is 0 Å². The van der Waals surface area contributed by atoms with Gasteiger partial charge in [0.25, 0.3) is 0 Å². The maximum atomic E-state index is 6.16. The maximum Gasteiger partial charge on any atom is 0.0704 e. The quantitative estimate of drug-likeness (QED) is 0.870. The van der Waals surface area contributed by atoms with Crippen molar-refractivity contribution in [3.8, 4) is 0 Å². The van der Waals surface area contributed by atoms with Gasteiger partial charge in [-0.2, -0.15) is 0 Å². The average molecular weight is 226 g/mol. The molecule has 0 aliphatic heterocycles. The largest absolute Gasteiger partial charge is 0.327 e. The number of fused-ring (bicyclic) bond motifs is 1. The summed E-state index contributed by atoms with van der Waals surface area (Å²) in [5.74, 6) is 0.795. The van der Waals surface area contributed by atoms with Gasteiger partial charge in [-0.25, -0.2) is 0 Å². The monoisotopic (exact) mass is 226 g/mol. The summed E-state index contributed by atoms with van der Waals surface area (Å²) in [7, 11) is 0. The van der Waals surface area contributed by atoms with Gasteiger partial charge in [-0.05, 0) is 49.3 Å². The summed E-state index contributed by atoms with van der Waals surface area (Å²) in [5.41, 5.74) is 8.62. The summed E-state index contributed by atoms with van der Waals surface area (Å²) in [6.45, 7) is 0. The Labute approximate surface area is 102 Å². The summed E-state index contributed by atoms with van der Waals surface area (Å²) >= 11 is 0. The molecule has 2 aromatic rings. The Hall–Kier alpha value is -1.41. The number of benzene rings is 1. The molecule has 1 aromatic carbocycles. The van der Waals surface area contributed by atoms with E-state index in [4.69, 9.17) is 5.73 Å². The van der Waals surface area contributed by atoms with E-state index in [1.165, 1.54) is 23.8 Å². The van der Waals surface area contributed by atoms with Crippen LogP contribution in [0.1, 0.15) is 24.8 Å². The molecule has 2 nitrogen and oxygen atoms in total. The number of aryl methyl sites for hydroxylation is 1. The Balaban J connectivity index is 1.79. The number of nitrogens with zero attached hydrogens (tertiary/aromatic N) is 1. The molecule has 1 unspecified atom stereocenters. The summed E-state index contributed by atoms with van der Waals surface area (Å²) in [6.07, 6.45) is 6.68. The van der Waals surface area contributed by atoms with Gasteiger partial charge in [0.15, 0.2) is 0 Å². The summed E-state index contributed by atoms with van der Waals surface area (Å²) in [5, 5.41) is 1.28. The molecule has 0 saturated heterocycles. The van der Waals surface area contributed by atoms with Gasteiger partial charge < -0.3 is 5.73 Å². The molecule has 0 radical (unpaired) electrons. The molecule has 2 N–H and O–H groups in total. The second kappa shape index (κ2) is 4.46. The Bertz CT molecular complexity index is 512. The molecule has 1 atom stereocenters. The maximum absolute atomic E-state index is 6.16. The second-order valence-electron chi connectivity index (χ2n) is 5.03.